The van der Waals surface area contributed by atoms with Gasteiger partial charge in [0, 0.05) is 0 Å². The molecule has 0 aliphatic heterocycles. The number of amides is 1. The van der Waals surface area contributed by atoms with Crippen LogP contribution in [0.25, 0.3) is 0 Å². The Bertz CT molecular complexity index is 404. The molecule has 0 atom stereocenters. The van der Waals surface area contributed by atoms with Gasteiger partial charge in [0.25, 0.3) is 0 Å². The summed E-state index contributed by atoms with van der Waals surface area (Å²) in [5, 5.41) is 11.4. The molecule has 15 heavy (non-hydrogen) atoms. The van der Waals surface area contributed by atoms with Gasteiger partial charge >= 0.3 is 5.97 Å². The minimum Gasteiger partial charge on any atom is -0.478 e. The molecule has 0 heterocycles. The Labute approximate surface area is 91.9 Å². The molecule has 4 nitrogen and oxygen atoms in total. The normalized spacial score (nSPS) is 9.73. The average Bonchev–Trinajstić information content (AvgIpc) is 2.17. The first-order valence-electron chi connectivity index (χ1n) is 4.25. The largest absolute Gasteiger partial charge is 0.478 e. The zero-order valence-electron chi connectivity index (χ0n) is 8.08. The molecule has 0 unspecified atom stereocenters. The van der Waals surface area contributed by atoms with Gasteiger partial charge in [0.2, 0.25) is 5.91 Å². The summed E-state index contributed by atoms with van der Waals surface area (Å²) in [7, 11) is 0. The van der Waals surface area contributed by atoms with Gasteiger partial charge in [-0.1, -0.05) is 12.1 Å². The fraction of sp³-hybridized carbons (Fsp3) is 0.200. The summed E-state index contributed by atoms with van der Waals surface area (Å²) in [6, 6.07) is 4.87. The van der Waals surface area contributed by atoms with E-state index in [2.05, 4.69) is 5.32 Å². The molecule has 0 aliphatic rings. The lowest BCUT2D eigenvalue weighted by atomic mass is 10.1. The number of benzene rings is 1. The molecule has 1 rings (SSSR count). The smallest absolute Gasteiger partial charge is 0.338 e. The summed E-state index contributed by atoms with van der Waals surface area (Å²) < 4.78 is 0. The number of carbonyl (C=O) groups excluding carboxylic acids is 1. The lowest BCUT2D eigenvalue weighted by Gasteiger charge is -2.09. The molecule has 0 aromatic heterocycles. The van der Waals surface area contributed by atoms with Crippen LogP contribution in [-0.4, -0.2) is 22.9 Å². The first-order chi connectivity index (χ1) is 7.06. The number of halogens is 1. The Morgan fingerprint density at radius 2 is 2.13 bits per heavy atom. The van der Waals surface area contributed by atoms with Crippen molar-refractivity contribution >= 4 is 29.2 Å². The summed E-state index contributed by atoms with van der Waals surface area (Å²) in [4.78, 5) is 22.0. The molecule has 0 saturated carbocycles. The summed E-state index contributed by atoms with van der Waals surface area (Å²) in [6.07, 6.45) is 0. The van der Waals surface area contributed by atoms with E-state index in [1.54, 1.807) is 19.1 Å². The van der Waals surface area contributed by atoms with Crippen LogP contribution in [-0.2, 0) is 4.79 Å². The molecule has 0 saturated heterocycles. The first kappa shape index (κ1) is 11.5. The predicted octanol–water partition coefficient (Wildman–Crippen LogP) is 1.87. The molecule has 1 amide bonds. The van der Waals surface area contributed by atoms with E-state index in [9.17, 15) is 9.59 Å². The van der Waals surface area contributed by atoms with E-state index in [-0.39, 0.29) is 17.1 Å². The Kier molecular flexibility index (Phi) is 3.68. The number of alkyl halides is 1. The van der Waals surface area contributed by atoms with Gasteiger partial charge in [0.05, 0.1) is 11.3 Å². The molecule has 2 N–H and O–H groups in total. The van der Waals surface area contributed by atoms with Gasteiger partial charge in [-0.2, -0.15) is 0 Å². The van der Waals surface area contributed by atoms with Crippen LogP contribution < -0.4 is 5.32 Å². The van der Waals surface area contributed by atoms with E-state index < -0.39 is 11.9 Å². The molecule has 0 spiro atoms. The number of carboxylic acid groups (broad SMARTS) is 1. The second-order valence-electron chi connectivity index (χ2n) is 2.98. The van der Waals surface area contributed by atoms with E-state index in [0.717, 1.165) is 0 Å². The highest BCUT2D eigenvalue weighted by Crippen LogP contribution is 2.19. The second-order valence-corrected chi connectivity index (χ2v) is 3.25. The summed E-state index contributed by atoms with van der Waals surface area (Å²) in [6.45, 7) is 1.67. The maximum absolute atomic E-state index is 11.0. The van der Waals surface area contributed by atoms with Crippen molar-refractivity contribution in [1.29, 1.82) is 0 Å². The maximum atomic E-state index is 11.0. The van der Waals surface area contributed by atoms with Crippen molar-refractivity contribution in [3.63, 3.8) is 0 Å². The number of hydrogen-bond acceptors (Lipinski definition) is 2. The van der Waals surface area contributed by atoms with Crippen LogP contribution in [0.4, 0.5) is 5.69 Å². The van der Waals surface area contributed by atoms with Crippen molar-refractivity contribution < 1.29 is 14.7 Å². The standard InChI is InChI=1S/C10H10ClNO3/c1-6-3-2-4-7(9(6)10(14)15)12-8(13)5-11/h2-4H,5H2,1H3,(H,12,13)(H,14,15). The van der Waals surface area contributed by atoms with Crippen LogP contribution in [0.2, 0.25) is 0 Å². The van der Waals surface area contributed by atoms with Gasteiger partial charge in [-0.15, -0.1) is 11.6 Å². The monoisotopic (exact) mass is 227 g/mol. The van der Waals surface area contributed by atoms with Gasteiger partial charge in [0.15, 0.2) is 0 Å². The lowest BCUT2D eigenvalue weighted by Crippen LogP contribution is -2.16. The Morgan fingerprint density at radius 1 is 1.47 bits per heavy atom. The van der Waals surface area contributed by atoms with Crippen LogP contribution in [0.15, 0.2) is 18.2 Å². The summed E-state index contributed by atoms with van der Waals surface area (Å²) in [5.74, 6) is -1.70. The Morgan fingerprint density at radius 3 is 2.67 bits per heavy atom. The van der Waals surface area contributed by atoms with Crippen molar-refractivity contribution in [2.24, 2.45) is 0 Å². The number of carbonyl (C=O) groups is 2. The zero-order chi connectivity index (χ0) is 11.4. The molecule has 0 fully saturated rings. The number of rotatable bonds is 3. The molecule has 1 aromatic carbocycles. The van der Waals surface area contributed by atoms with E-state index in [4.69, 9.17) is 16.7 Å². The van der Waals surface area contributed by atoms with Gasteiger partial charge in [-0.05, 0) is 18.6 Å². The third-order valence-electron chi connectivity index (χ3n) is 1.88. The number of aromatic carboxylic acids is 1. The van der Waals surface area contributed by atoms with Crippen molar-refractivity contribution in [1.82, 2.24) is 0 Å². The van der Waals surface area contributed by atoms with E-state index in [0.29, 0.717) is 5.56 Å². The minimum atomic E-state index is -1.07. The molecule has 80 valence electrons. The van der Waals surface area contributed by atoms with Crippen LogP contribution in [0.3, 0.4) is 0 Å². The highest BCUT2D eigenvalue weighted by Gasteiger charge is 2.14. The van der Waals surface area contributed by atoms with Crippen LogP contribution in [0.1, 0.15) is 15.9 Å². The highest BCUT2D eigenvalue weighted by atomic mass is 35.5. The topological polar surface area (TPSA) is 66.4 Å². The number of aryl methyl sites for hydroxylation is 1. The van der Waals surface area contributed by atoms with Gasteiger partial charge in [-0.3, -0.25) is 4.79 Å². The average molecular weight is 228 g/mol. The first-order valence-corrected chi connectivity index (χ1v) is 4.78. The SMILES string of the molecule is Cc1cccc(NC(=O)CCl)c1C(=O)O. The zero-order valence-corrected chi connectivity index (χ0v) is 8.84. The Hall–Kier alpha value is -1.55. The van der Waals surface area contributed by atoms with Gasteiger partial charge in [0.1, 0.15) is 5.88 Å². The minimum absolute atomic E-state index is 0.0935. The molecule has 0 bridgehead atoms. The molecule has 1 aromatic rings. The van der Waals surface area contributed by atoms with Crippen molar-refractivity contribution in [2.45, 2.75) is 6.92 Å². The van der Waals surface area contributed by atoms with Crippen LogP contribution >= 0.6 is 11.6 Å². The predicted molar refractivity (Wildman–Crippen MR) is 57.5 cm³/mol. The third-order valence-corrected chi connectivity index (χ3v) is 2.12. The fourth-order valence-corrected chi connectivity index (χ4v) is 1.31. The van der Waals surface area contributed by atoms with Crippen molar-refractivity contribution in [2.75, 3.05) is 11.2 Å². The molecular weight excluding hydrogens is 218 g/mol. The molecule has 0 aliphatic carbocycles. The quantitative estimate of drug-likeness (QED) is 0.775. The van der Waals surface area contributed by atoms with E-state index in [1.165, 1.54) is 6.07 Å². The number of anilines is 1. The molecule has 5 heteroatoms. The molecular formula is C10H10ClNO3. The highest BCUT2D eigenvalue weighted by molar-refractivity contribution is 6.29. The fourth-order valence-electron chi connectivity index (χ4n) is 1.24. The van der Waals surface area contributed by atoms with Crippen LogP contribution in [0.5, 0.6) is 0 Å². The Balaban J connectivity index is 3.11. The summed E-state index contributed by atoms with van der Waals surface area (Å²) >= 11 is 5.31. The number of nitrogens with one attached hydrogen (secondary N) is 1. The maximum Gasteiger partial charge on any atom is 0.338 e. The summed E-state index contributed by atoms with van der Waals surface area (Å²) in [5.41, 5.74) is 0.957. The second kappa shape index (κ2) is 4.79. The van der Waals surface area contributed by atoms with Crippen LogP contribution in [0, 0.1) is 6.92 Å². The van der Waals surface area contributed by atoms with Gasteiger partial charge < -0.3 is 10.4 Å². The van der Waals surface area contributed by atoms with Gasteiger partial charge in [-0.25, -0.2) is 4.79 Å². The van der Waals surface area contributed by atoms with E-state index in [1.807, 2.05) is 0 Å². The molecule has 0 radical (unpaired) electrons. The van der Waals surface area contributed by atoms with Crippen molar-refractivity contribution in [3.05, 3.63) is 29.3 Å². The number of carboxylic acids is 1. The van der Waals surface area contributed by atoms with Crippen molar-refractivity contribution in [3.8, 4) is 0 Å². The lowest BCUT2D eigenvalue weighted by molar-refractivity contribution is -0.113. The number of hydrogen-bond donors (Lipinski definition) is 2. The third kappa shape index (κ3) is 2.70. The van der Waals surface area contributed by atoms with E-state index >= 15 is 0 Å².